The van der Waals surface area contributed by atoms with Crippen molar-refractivity contribution in [2.24, 2.45) is 7.05 Å². The van der Waals surface area contributed by atoms with E-state index < -0.39 is 6.17 Å². The zero-order valence-corrected chi connectivity index (χ0v) is 19.0. The summed E-state index contributed by atoms with van der Waals surface area (Å²) in [5.74, 6) is 2.91. The Morgan fingerprint density at radius 1 is 1.15 bits per heavy atom. The van der Waals surface area contributed by atoms with Crippen LogP contribution in [0.3, 0.4) is 0 Å². The molecule has 0 unspecified atom stereocenters. The minimum atomic E-state index is -0.721. The Bertz CT molecular complexity index is 1300. The average Bonchev–Trinajstić information content (AvgIpc) is 3.43. The van der Waals surface area contributed by atoms with E-state index in [1.807, 2.05) is 31.2 Å². The van der Waals surface area contributed by atoms with Crippen LogP contribution in [0, 0.1) is 6.92 Å². The summed E-state index contributed by atoms with van der Waals surface area (Å²) in [6, 6.07) is 7.44. The molecule has 5 rings (SSSR count). The number of fused-ring (bicyclic) bond motifs is 1. The Hall–Kier alpha value is -3.86. The topological polar surface area (TPSA) is 103 Å². The van der Waals surface area contributed by atoms with E-state index in [0.29, 0.717) is 55.1 Å². The number of ether oxygens (including phenoxy) is 2. The van der Waals surface area contributed by atoms with Crippen LogP contribution in [0.1, 0.15) is 12.0 Å². The fraction of sp³-hybridized carbons (Fsp3) is 0.348. The smallest absolute Gasteiger partial charge is 0.222 e. The van der Waals surface area contributed by atoms with Gasteiger partial charge in [-0.25, -0.2) is 19.3 Å². The van der Waals surface area contributed by atoms with Crippen LogP contribution in [0.2, 0.25) is 0 Å². The molecule has 176 valence electrons. The summed E-state index contributed by atoms with van der Waals surface area (Å²) in [5, 5.41) is 12.2. The summed E-state index contributed by atoms with van der Waals surface area (Å²) in [6.45, 7) is 4.36. The van der Waals surface area contributed by atoms with Crippen LogP contribution >= 0.6 is 0 Å². The Labute approximate surface area is 195 Å². The lowest BCUT2D eigenvalue weighted by atomic mass is 10.2. The molecular weight excluding hydrogens is 439 g/mol. The number of nitrogens with one attached hydrogen (secondary N) is 1. The number of aryl methyl sites for hydroxylation is 2. The molecule has 10 nitrogen and oxygen atoms in total. The minimum Gasteiger partial charge on any atom is -0.491 e. The maximum absolute atomic E-state index is 13.3. The molecule has 3 aromatic heterocycles. The van der Waals surface area contributed by atoms with Crippen LogP contribution in [0.4, 0.5) is 16.0 Å². The molecule has 4 aromatic rings. The van der Waals surface area contributed by atoms with Crippen molar-refractivity contribution in [2.75, 3.05) is 31.6 Å². The molecule has 0 saturated carbocycles. The molecule has 0 amide bonds. The number of alkyl halides is 1. The molecule has 1 N–H and O–H groups in total. The van der Waals surface area contributed by atoms with Gasteiger partial charge in [-0.1, -0.05) is 0 Å². The number of halogens is 1. The van der Waals surface area contributed by atoms with Crippen molar-refractivity contribution in [1.29, 1.82) is 0 Å². The maximum atomic E-state index is 13.3. The largest absolute Gasteiger partial charge is 0.491 e. The normalized spacial score (nSPS) is 16.1. The number of benzene rings is 1. The fourth-order valence-electron chi connectivity index (χ4n) is 3.84. The zero-order chi connectivity index (χ0) is 23.5. The maximum Gasteiger partial charge on any atom is 0.222 e. The van der Waals surface area contributed by atoms with E-state index >= 15 is 0 Å². The first-order chi connectivity index (χ1) is 16.5. The third-order valence-corrected chi connectivity index (χ3v) is 5.56. The Balaban J connectivity index is 1.27. The highest BCUT2D eigenvalue weighted by Gasteiger charge is 2.21. The lowest BCUT2D eigenvalue weighted by Crippen LogP contribution is -2.26. The van der Waals surface area contributed by atoms with Crippen molar-refractivity contribution in [3.63, 3.8) is 0 Å². The van der Waals surface area contributed by atoms with Crippen LogP contribution in [0.25, 0.3) is 10.9 Å². The van der Waals surface area contributed by atoms with Crippen molar-refractivity contribution in [1.82, 2.24) is 34.8 Å². The van der Waals surface area contributed by atoms with Crippen molar-refractivity contribution in [2.45, 2.75) is 19.5 Å². The predicted molar refractivity (Wildman–Crippen MR) is 124 cm³/mol. The first-order valence-corrected chi connectivity index (χ1v) is 11.1. The molecule has 1 saturated heterocycles. The molecule has 1 fully saturated rings. The van der Waals surface area contributed by atoms with Crippen molar-refractivity contribution in [3.05, 3.63) is 48.5 Å². The van der Waals surface area contributed by atoms with Crippen LogP contribution < -0.4 is 14.8 Å². The van der Waals surface area contributed by atoms with Gasteiger partial charge in [-0.05, 0) is 37.6 Å². The molecule has 0 spiro atoms. The summed E-state index contributed by atoms with van der Waals surface area (Å²) in [6.07, 6.45) is 4.63. The van der Waals surface area contributed by atoms with Gasteiger partial charge in [0.15, 0.2) is 5.82 Å². The van der Waals surface area contributed by atoms with Gasteiger partial charge in [0.2, 0.25) is 5.88 Å². The van der Waals surface area contributed by atoms with E-state index in [1.54, 1.807) is 19.4 Å². The molecule has 11 heteroatoms. The Morgan fingerprint density at radius 2 is 2.06 bits per heavy atom. The average molecular weight is 465 g/mol. The Kier molecular flexibility index (Phi) is 6.17. The van der Waals surface area contributed by atoms with Crippen LogP contribution in [0.5, 0.6) is 17.4 Å². The molecular formula is C23H25FN8O2. The molecule has 1 atom stereocenters. The van der Waals surface area contributed by atoms with Crippen molar-refractivity contribution in [3.8, 4) is 17.4 Å². The molecule has 0 bridgehead atoms. The molecule has 0 radical (unpaired) electrons. The van der Waals surface area contributed by atoms with Gasteiger partial charge in [0.1, 0.15) is 36.4 Å². The SMILES string of the molecule is Cc1cc(OCCN2CC[C@@H](F)C2)cnc1Oc1ccc2ncnc(Nc3cnn(C)n3)c2c1. The fourth-order valence-corrected chi connectivity index (χ4v) is 3.84. The zero-order valence-electron chi connectivity index (χ0n) is 19.0. The van der Waals surface area contributed by atoms with Gasteiger partial charge in [-0.2, -0.15) is 9.90 Å². The molecule has 0 aliphatic carbocycles. The van der Waals surface area contributed by atoms with E-state index in [1.165, 1.54) is 11.1 Å². The first kappa shape index (κ1) is 22.0. The monoisotopic (exact) mass is 464 g/mol. The molecule has 1 aromatic carbocycles. The summed E-state index contributed by atoms with van der Waals surface area (Å²) < 4.78 is 25.1. The van der Waals surface area contributed by atoms with Crippen LogP contribution in [-0.4, -0.2) is 67.3 Å². The third kappa shape index (κ3) is 5.04. The van der Waals surface area contributed by atoms with Crippen LogP contribution in [-0.2, 0) is 7.05 Å². The molecule has 1 aliphatic heterocycles. The van der Waals surface area contributed by atoms with Gasteiger partial charge in [0, 0.05) is 37.6 Å². The summed E-state index contributed by atoms with van der Waals surface area (Å²) >= 11 is 0. The van der Waals surface area contributed by atoms with Gasteiger partial charge in [-0.3, -0.25) is 4.90 Å². The molecule has 1 aliphatic rings. The number of nitrogens with zero attached hydrogens (tertiary/aromatic N) is 7. The highest BCUT2D eigenvalue weighted by molar-refractivity contribution is 5.91. The van der Waals surface area contributed by atoms with E-state index in [9.17, 15) is 4.39 Å². The van der Waals surface area contributed by atoms with Crippen molar-refractivity contribution >= 4 is 22.5 Å². The number of pyridine rings is 1. The highest BCUT2D eigenvalue weighted by Crippen LogP contribution is 2.30. The number of rotatable bonds is 8. The Morgan fingerprint density at radius 3 is 2.82 bits per heavy atom. The summed E-state index contributed by atoms with van der Waals surface area (Å²) in [7, 11) is 1.75. The summed E-state index contributed by atoms with van der Waals surface area (Å²) in [5.41, 5.74) is 1.60. The first-order valence-electron chi connectivity index (χ1n) is 11.1. The number of anilines is 2. The van der Waals surface area contributed by atoms with Gasteiger partial charge in [-0.15, -0.1) is 5.10 Å². The van der Waals surface area contributed by atoms with E-state index in [2.05, 4.69) is 35.4 Å². The quantitative estimate of drug-likeness (QED) is 0.420. The number of likely N-dealkylation sites (tertiary alicyclic amines) is 1. The van der Waals surface area contributed by atoms with Gasteiger partial charge in [0.05, 0.1) is 17.9 Å². The molecule has 34 heavy (non-hydrogen) atoms. The summed E-state index contributed by atoms with van der Waals surface area (Å²) in [4.78, 5) is 16.6. The van der Waals surface area contributed by atoms with Crippen molar-refractivity contribution < 1.29 is 13.9 Å². The van der Waals surface area contributed by atoms with Gasteiger partial charge >= 0.3 is 0 Å². The lowest BCUT2D eigenvalue weighted by Gasteiger charge is -2.15. The van der Waals surface area contributed by atoms with Crippen LogP contribution in [0.15, 0.2) is 43.0 Å². The number of hydrogen-bond donors (Lipinski definition) is 1. The van der Waals surface area contributed by atoms with E-state index in [4.69, 9.17) is 9.47 Å². The number of aromatic nitrogens is 6. The van der Waals surface area contributed by atoms with Gasteiger partial charge in [0.25, 0.3) is 0 Å². The van der Waals surface area contributed by atoms with Gasteiger partial charge < -0.3 is 14.8 Å². The number of hydrogen-bond acceptors (Lipinski definition) is 9. The standard InChI is InChI=1S/C23H25FN8O2/c1-15-9-18(33-8-7-32-6-5-16(24)13-32)11-25-23(15)34-17-3-4-20-19(10-17)22(27-14-26-20)29-21-12-28-31(2)30-21/h3-4,9-12,14,16H,5-8,13H2,1-2H3,(H,26,27,29,30)/t16-/m1/s1. The highest BCUT2D eigenvalue weighted by atomic mass is 19.1. The second kappa shape index (κ2) is 9.56. The third-order valence-electron chi connectivity index (χ3n) is 5.56. The minimum absolute atomic E-state index is 0.479. The molecule has 4 heterocycles. The second-order valence-electron chi connectivity index (χ2n) is 8.18. The second-order valence-corrected chi connectivity index (χ2v) is 8.18. The van der Waals surface area contributed by atoms with E-state index in [0.717, 1.165) is 23.0 Å². The lowest BCUT2D eigenvalue weighted by molar-refractivity contribution is 0.224. The predicted octanol–water partition coefficient (Wildman–Crippen LogP) is 3.42. The van der Waals surface area contributed by atoms with E-state index in [-0.39, 0.29) is 0 Å².